The number of aromatic amines is 1. The lowest BCUT2D eigenvalue weighted by atomic mass is 10.0. The van der Waals surface area contributed by atoms with Crippen molar-refractivity contribution in [1.29, 1.82) is 0 Å². The molecular formula is C32H41N5O5. The van der Waals surface area contributed by atoms with Crippen molar-refractivity contribution in [2.75, 3.05) is 19.7 Å². The van der Waals surface area contributed by atoms with Crippen LogP contribution in [0.25, 0.3) is 28.6 Å². The molecule has 0 saturated carbocycles. The van der Waals surface area contributed by atoms with Crippen LogP contribution in [0, 0.1) is 5.92 Å². The zero-order chi connectivity index (χ0) is 30.3. The maximum atomic E-state index is 12.2. The first-order chi connectivity index (χ1) is 20.3. The Morgan fingerprint density at radius 3 is 2.45 bits per heavy atom. The number of aromatic nitrogens is 3. The van der Waals surface area contributed by atoms with Crippen molar-refractivity contribution in [2.24, 2.45) is 5.92 Å². The number of hydrogen-bond donors (Lipinski definition) is 3. The molecule has 0 aliphatic carbocycles. The van der Waals surface area contributed by atoms with Crippen molar-refractivity contribution in [3.63, 3.8) is 0 Å². The van der Waals surface area contributed by atoms with Gasteiger partial charge in [-0.1, -0.05) is 81.5 Å². The fraction of sp³-hybridized carbons (Fsp3) is 0.406. The number of carboxylic acid groups (broad SMARTS) is 1. The van der Waals surface area contributed by atoms with Gasteiger partial charge in [-0.25, -0.2) is 9.59 Å². The molecule has 1 aliphatic heterocycles. The summed E-state index contributed by atoms with van der Waals surface area (Å²) in [5, 5.41) is 23.0. The number of allylic oxidation sites excluding steroid dienone is 1. The second-order valence-corrected chi connectivity index (χ2v) is 10.7. The molecule has 1 atom stereocenters. The van der Waals surface area contributed by atoms with Crippen LogP contribution in [0.4, 0.5) is 4.79 Å². The van der Waals surface area contributed by atoms with E-state index in [0.717, 1.165) is 46.8 Å². The molecule has 4 rings (SSSR count). The molecule has 0 bridgehead atoms. The molecule has 1 aliphatic rings. The summed E-state index contributed by atoms with van der Waals surface area (Å²) in [6.45, 7) is 6.85. The fourth-order valence-electron chi connectivity index (χ4n) is 4.39. The predicted molar refractivity (Wildman–Crippen MR) is 162 cm³/mol. The smallest absolute Gasteiger partial charge is 0.407 e. The molecule has 1 saturated heterocycles. The molecular weight excluding hydrogens is 534 g/mol. The average molecular weight is 576 g/mol. The van der Waals surface area contributed by atoms with Crippen molar-refractivity contribution >= 4 is 24.0 Å². The summed E-state index contributed by atoms with van der Waals surface area (Å²) in [6.07, 6.45) is 6.85. The van der Waals surface area contributed by atoms with Crippen LogP contribution >= 0.6 is 0 Å². The summed E-state index contributed by atoms with van der Waals surface area (Å²) in [5.74, 6) is -0.603. The van der Waals surface area contributed by atoms with Gasteiger partial charge in [-0.15, -0.1) is 0 Å². The molecule has 3 N–H and O–H groups in total. The molecule has 0 radical (unpaired) electrons. The predicted octanol–water partition coefficient (Wildman–Crippen LogP) is 5.79. The number of ether oxygens (including phenoxy) is 1. The number of H-pyrrole nitrogens is 1. The van der Waals surface area contributed by atoms with Gasteiger partial charge < -0.3 is 20.1 Å². The van der Waals surface area contributed by atoms with Gasteiger partial charge in [-0.2, -0.15) is 15.4 Å². The number of benzene rings is 2. The van der Waals surface area contributed by atoms with Crippen molar-refractivity contribution in [1.82, 2.24) is 25.6 Å². The molecule has 2 aromatic carbocycles. The second-order valence-electron chi connectivity index (χ2n) is 10.7. The Bertz CT molecular complexity index is 1320. The molecule has 10 nitrogen and oxygen atoms in total. The Hall–Kier alpha value is -4.47. The lowest BCUT2D eigenvalue weighted by Crippen LogP contribution is -2.45. The maximum absolute atomic E-state index is 12.2. The zero-order valence-electron chi connectivity index (χ0n) is 24.6. The van der Waals surface area contributed by atoms with Crippen molar-refractivity contribution in [2.45, 2.75) is 58.9 Å². The minimum Gasteiger partial charge on any atom is -0.480 e. The number of rotatable bonds is 11. The van der Waals surface area contributed by atoms with Gasteiger partial charge in [0.05, 0.1) is 6.61 Å². The Morgan fingerprint density at radius 1 is 1.05 bits per heavy atom. The number of likely N-dealkylation sites (tertiary alicyclic amines) is 1. The van der Waals surface area contributed by atoms with E-state index in [4.69, 9.17) is 9.84 Å². The Labute approximate surface area is 247 Å². The van der Waals surface area contributed by atoms with Gasteiger partial charge in [-0.05, 0) is 49.7 Å². The number of nitrogens with zero attached hydrogens (tertiary/aromatic N) is 3. The van der Waals surface area contributed by atoms with Gasteiger partial charge >= 0.3 is 12.1 Å². The first kappa shape index (κ1) is 32.0. The van der Waals surface area contributed by atoms with E-state index in [9.17, 15) is 14.4 Å². The van der Waals surface area contributed by atoms with Gasteiger partial charge in [0.1, 0.15) is 24.0 Å². The van der Waals surface area contributed by atoms with Crippen LogP contribution in [0.2, 0.25) is 0 Å². The van der Waals surface area contributed by atoms with E-state index in [1.54, 1.807) is 0 Å². The Kier molecular flexibility index (Phi) is 12.8. The van der Waals surface area contributed by atoms with E-state index in [-0.39, 0.29) is 13.2 Å². The standard InChI is InChI=1S/C28H31N5O5.C4H10/c34-24(33-16-9-15-23(33)27(35)36)19-29-28(37)38-17-7-2-1-4-10-20-11-8-14-22(18-20)26-25(30-32-31-26)21-12-5-3-6-13-21;1-4(2)3/h3-6,8,10-14,18,23H,1-2,7,9,15-17,19H2,(H,29,37)(H,35,36)(H,30,31,32);4H,1-3H3/b10-4+;. The van der Waals surface area contributed by atoms with Crippen LogP contribution < -0.4 is 5.32 Å². The third-order valence-corrected chi connectivity index (χ3v) is 6.31. The van der Waals surface area contributed by atoms with Gasteiger partial charge in [0.25, 0.3) is 0 Å². The maximum Gasteiger partial charge on any atom is 0.407 e. The number of aliphatic carboxylic acids is 1. The van der Waals surface area contributed by atoms with Crippen LogP contribution in [0.1, 0.15) is 58.4 Å². The fourth-order valence-corrected chi connectivity index (χ4v) is 4.39. The molecule has 10 heteroatoms. The normalized spacial score (nSPS) is 14.5. The molecule has 2 heterocycles. The highest BCUT2D eigenvalue weighted by Gasteiger charge is 2.33. The van der Waals surface area contributed by atoms with Crippen LogP contribution in [0.3, 0.4) is 0 Å². The number of alkyl carbamates (subject to hydrolysis) is 1. The minimum absolute atomic E-state index is 0.235. The molecule has 42 heavy (non-hydrogen) atoms. The third kappa shape index (κ3) is 10.2. The largest absolute Gasteiger partial charge is 0.480 e. The number of unbranched alkanes of at least 4 members (excludes halogenated alkanes) is 2. The van der Waals surface area contributed by atoms with Crippen molar-refractivity contribution < 1.29 is 24.2 Å². The van der Waals surface area contributed by atoms with Gasteiger partial charge in [0.2, 0.25) is 5.91 Å². The van der Waals surface area contributed by atoms with Crippen LogP contribution in [0.15, 0.2) is 60.7 Å². The first-order valence-corrected chi connectivity index (χ1v) is 14.4. The number of nitrogens with one attached hydrogen (secondary N) is 2. The summed E-state index contributed by atoms with van der Waals surface area (Å²) >= 11 is 0. The van der Waals surface area contributed by atoms with Gasteiger partial charge in [0, 0.05) is 17.7 Å². The van der Waals surface area contributed by atoms with Gasteiger partial charge in [-0.3, -0.25) is 4.79 Å². The molecule has 3 aromatic rings. The van der Waals surface area contributed by atoms with Crippen LogP contribution in [-0.4, -0.2) is 69.1 Å². The van der Waals surface area contributed by atoms with Gasteiger partial charge in [0.15, 0.2) is 0 Å². The third-order valence-electron chi connectivity index (χ3n) is 6.31. The van der Waals surface area contributed by atoms with E-state index in [1.165, 1.54) is 4.90 Å². The van der Waals surface area contributed by atoms with Crippen molar-refractivity contribution in [3.8, 4) is 22.5 Å². The number of amides is 2. The molecule has 1 aromatic heterocycles. The topological polar surface area (TPSA) is 138 Å². The first-order valence-electron chi connectivity index (χ1n) is 14.4. The summed E-state index contributed by atoms with van der Waals surface area (Å²) < 4.78 is 5.12. The SMILES string of the molecule is CC(C)C.O=C(NCC(=O)N1CCCC1C(=O)O)OCCCC/C=C/c1cccc(-c2n[nH]nc2-c2ccccc2)c1. The molecule has 2 amide bonds. The quantitative estimate of drug-likeness (QED) is 0.246. The number of carboxylic acids is 1. The zero-order valence-corrected chi connectivity index (χ0v) is 24.6. The molecule has 0 spiro atoms. The minimum atomic E-state index is -1.02. The van der Waals surface area contributed by atoms with Crippen LogP contribution in [0.5, 0.6) is 0 Å². The van der Waals surface area contributed by atoms with E-state index >= 15 is 0 Å². The van der Waals surface area contributed by atoms with E-state index in [0.29, 0.717) is 25.8 Å². The lowest BCUT2D eigenvalue weighted by Gasteiger charge is -2.21. The highest BCUT2D eigenvalue weighted by molar-refractivity contribution is 5.87. The number of carbonyl (C=O) groups excluding carboxylic acids is 2. The number of carbonyl (C=O) groups is 3. The van der Waals surface area contributed by atoms with E-state index < -0.39 is 24.0 Å². The van der Waals surface area contributed by atoms with E-state index in [1.807, 2.05) is 54.6 Å². The summed E-state index contributed by atoms with van der Waals surface area (Å²) in [6, 6.07) is 17.2. The molecule has 1 unspecified atom stereocenters. The summed E-state index contributed by atoms with van der Waals surface area (Å²) in [5.41, 5.74) is 4.62. The van der Waals surface area contributed by atoms with Crippen molar-refractivity contribution in [3.05, 3.63) is 66.2 Å². The highest BCUT2D eigenvalue weighted by Crippen LogP contribution is 2.28. The highest BCUT2D eigenvalue weighted by atomic mass is 16.5. The Morgan fingerprint density at radius 2 is 1.74 bits per heavy atom. The summed E-state index contributed by atoms with van der Waals surface area (Å²) in [7, 11) is 0. The van der Waals surface area contributed by atoms with Crippen LogP contribution in [-0.2, 0) is 14.3 Å². The number of hydrogen-bond acceptors (Lipinski definition) is 6. The Balaban J connectivity index is 0.00000114. The lowest BCUT2D eigenvalue weighted by molar-refractivity contribution is -0.147. The molecule has 224 valence electrons. The second kappa shape index (κ2) is 16.7. The molecule has 1 fully saturated rings. The average Bonchev–Trinajstić information content (AvgIpc) is 3.67. The monoisotopic (exact) mass is 575 g/mol. The summed E-state index contributed by atoms with van der Waals surface area (Å²) in [4.78, 5) is 36.5. The van der Waals surface area contributed by atoms with E-state index in [2.05, 4.69) is 53.6 Å².